The number of methoxy groups -OCH3 is 1. The van der Waals surface area contributed by atoms with Gasteiger partial charge in [0.05, 0.1) is 18.6 Å². The van der Waals surface area contributed by atoms with E-state index in [-0.39, 0.29) is 10.9 Å². The average molecular weight is 496 g/mol. The fourth-order valence-corrected chi connectivity index (χ4v) is 5.60. The number of esters is 1. The van der Waals surface area contributed by atoms with Gasteiger partial charge in [-0.15, -0.1) is 0 Å². The van der Waals surface area contributed by atoms with E-state index in [0.29, 0.717) is 25.4 Å². The Kier molecular flexibility index (Phi) is 7.77. The van der Waals surface area contributed by atoms with E-state index in [2.05, 4.69) is 6.07 Å². The van der Waals surface area contributed by atoms with Crippen LogP contribution in [0, 0.1) is 5.92 Å². The average Bonchev–Trinajstić information content (AvgIpc) is 3.39. The molecule has 0 unspecified atom stereocenters. The van der Waals surface area contributed by atoms with Crippen molar-refractivity contribution in [1.82, 2.24) is 4.31 Å². The van der Waals surface area contributed by atoms with Crippen LogP contribution in [0.25, 0.3) is 21.9 Å². The Hall–Kier alpha value is -2.90. The van der Waals surface area contributed by atoms with E-state index in [9.17, 15) is 13.2 Å². The van der Waals surface area contributed by atoms with Gasteiger partial charge < -0.3 is 9.47 Å². The van der Waals surface area contributed by atoms with Crippen molar-refractivity contribution < 1.29 is 22.7 Å². The highest BCUT2D eigenvalue weighted by Crippen LogP contribution is 2.37. The number of carbonyl (C=O) groups excluding carboxylic acids is 1. The second-order valence-electron chi connectivity index (χ2n) is 9.34. The maximum Gasteiger partial charge on any atom is 0.305 e. The Morgan fingerprint density at radius 1 is 1.00 bits per heavy atom. The first kappa shape index (κ1) is 25.2. The maximum atomic E-state index is 12.5. The molecule has 0 aliphatic heterocycles. The van der Waals surface area contributed by atoms with Crippen LogP contribution in [0.15, 0.2) is 59.5 Å². The summed E-state index contributed by atoms with van der Waals surface area (Å²) in [6, 6.07) is 17.2. The minimum absolute atomic E-state index is 0.244. The van der Waals surface area contributed by atoms with Crippen LogP contribution in [-0.4, -0.2) is 46.5 Å². The summed E-state index contributed by atoms with van der Waals surface area (Å²) in [4.78, 5) is 12.1. The number of sulfonamides is 1. The highest BCUT2D eigenvalue weighted by molar-refractivity contribution is 7.89. The lowest BCUT2D eigenvalue weighted by molar-refractivity contribution is -0.140. The number of nitrogens with zero attached hydrogens (tertiary/aromatic N) is 1. The SMILES string of the molecule is COC(=O)CCc1cccc(-c2ccc3cc(S(=O)(=O)N(C)C)ccc3c2)c1OCC1CCCC1. The third-order valence-electron chi connectivity index (χ3n) is 6.76. The Morgan fingerprint density at radius 3 is 2.43 bits per heavy atom. The molecule has 1 aliphatic rings. The Bertz CT molecular complexity index is 1310. The van der Waals surface area contributed by atoms with Crippen LogP contribution < -0.4 is 4.74 Å². The van der Waals surface area contributed by atoms with Gasteiger partial charge in [-0.1, -0.05) is 49.2 Å². The Balaban J connectivity index is 1.70. The van der Waals surface area contributed by atoms with Gasteiger partial charge >= 0.3 is 5.97 Å². The quantitative estimate of drug-likeness (QED) is 0.370. The van der Waals surface area contributed by atoms with Gasteiger partial charge in [0.25, 0.3) is 0 Å². The smallest absolute Gasteiger partial charge is 0.305 e. The van der Waals surface area contributed by atoms with Crippen molar-refractivity contribution in [3.63, 3.8) is 0 Å². The second-order valence-corrected chi connectivity index (χ2v) is 11.5. The first-order valence-electron chi connectivity index (χ1n) is 12.1. The molecule has 6 nitrogen and oxygen atoms in total. The summed E-state index contributed by atoms with van der Waals surface area (Å²) in [7, 11) is 0.966. The van der Waals surface area contributed by atoms with Crippen molar-refractivity contribution in [3.05, 3.63) is 60.2 Å². The van der Waals surface area contributed by atoms with Gasteiger partial charge in [0, 0.05) is 26.1 Å². The number of para-hydroxylation sites is 1. The first-order chi connectivity index (χ1) is 16.8. The number of hydrogen-bond acceptors (Lipinski definition) is 5. The summed E-state index contributed by atoms with van der Waals surface area (Å²) in [5.74, 6) is 1.13. The number of ether oxygens (including phenoxy) is 2. The lowest BCUT2D eigenvalue weighted by Gasteiger charge is -2.19. The lowest BCUT2D eigenvalue weighted by atomic mass is 9.96. The minimum Gasteiger partial charge on any atom is -0.492 e. The van der Waals surface area contributed by atoms with Gasteiger partial charge in [0.15, 0.2) is 0 Å². The molecule has 0 atom stereocenters. The molecule has 3 aromatic carbocycles. The minimum atomic E-state index is -3.50. The molecule has 0 N–H and O–H groups in total. The zero-order valence-corrected chi connectivity index (χ0v) is 21.4. The summed E-state index contributed by atoms with van der Waals surface area (Å²) in [5.41, 5.74) is 2.94. The van der Waals surface area contributed by atoms with E-state index in [1.54, 1.807) is 12.1 Å². The van der Waals surface area contributed by atoms with Crippen molar-refractivity contribution in [1.29, 1.82) is 0 Å². The number of rotatable bonds is 9. The molecule has 0 aromatic heterocycles. The van der Waals surface area contributed by atoms with Gasteiger partial charge in [0.2, 0.25) is 10.0 Å². The van der Waals surface area contributed by atoms with Crippen LogP contribution in [0.5, 0.6) is 5.75 Å². The molecule has 1 fully saturated rings. The second kappa shape index (κ2) is 10.8. The summed E-state index contributed by atoms with van der Waals surface area (Å²) in [6.07, 6.45) is 5.71. The van der Waals surface area contributed by atoms with E-state index in [0.717, 1.165) is 33.2 Å². The van der Waals surface area contributed by atoms with E-state index in [1.807, 2.05) is 36.4 Å². The third-order valence-corrected chi connectivity index (χ3v) is 8.57. The van der Waals surface area contributed by atoms with Crippen LogP contribution in [0.1, 0.15) is 37.7 Å². The molecule has 0 heterocycles. The van der Waals surface area contributed by atoms with Crippen LogP contribution >= 0.6 is 0 Å². The molecule has 0 bridgehead atoms. The molecular formula is C28H33NO5S. The number of benzene rings is 3. The van der Waals surface area contributed by atoms with Crippen molar-refractivity contribution in [2.45, 2.75) is 43.4 Å². The molecule has 0 amide bonds. The fraction of sp³-hybridized carbons (Fsp3) is 0.393. The molecule has 186 valence electrons. The van der Waals surface area contributed by atoms with Gasteiger partial charge in [0.1, 0.15) is 5.75 Å². The summed E-state index contributed by atoms with van der Waals surface area (Å²) >= 11 is 0. The zero-order valence-electron chi connectivity index (χ0n) is 20.6. The molecule has 0 spiro atoms. The Labute approximate surface area is 207 Å². The molecule has 4 rings (SSSR count). The van der Waals surface area contributed by atoms with Crippen molar-refractivity contribution in [3.8, 4) is 16.9 Å². The molecule has 1 saturated carbocycles. The van der Waals surface area contributed by atoms with Crippen molar-refractivity contribution >= 4 is 26.8 Å². The summed E-state index contributed by atoms with van der Waals surface area (Å²) < 4.78 is 37.6. The van der Waals surface area contributed by atoms with Gasteiger partial charge in [-0.05, 0) is 65.3 Å². The van der Waals surface area contributed by atoms with Crippen LogP contribution in [0.2, 0.25) is 0 Å². The van der Waals surface area contributed by atoms with Crippen molar-refractivity contribution in [2.24, 2.45) is 5.92 Å². The number of carbonyl (C=O) groups is 1. The molecular weight excluding hydrogens is 462 g/mol. The fourth-order valence-electron chi connectivity index (χ4n) is 4.66. The van der Waals surface area contributed by atoms with E-state index < -0.39 is 10.0 Å². The third kappa shape index (κ3) is 5.68. The van der Waals surface area contributed by atoms with E-state index in [4.69, 9.17) is 9.47 Å². The predicted octanol–water partition coefficient (Wildman–Crippen LogP) is 5.43. The van der Waals surface area contributed by atoms with E-state index >= 15 is 0 Å². The highest BCUT2D eigenvalue weighted by Gasteiger charge is 2.20. The predicted molar refractivity (Wildman–Crippen MR) is 138 cm³/mol. The number of fused-ring (bicyclic) bond motifs is 1. The molecule has 0 radical (unpaired) electrons. The normalized spacial score (nSPS) is 14.5. The molecule has 35 heavy (non-hydrogen) atoms. The van der Waals surface area contributed by atoms with E-state index in [1.165, 1.54) is 51.2 Å². The number of hydrogen-bond donors (Lipinski definition) is 0. The topological polar surface area (TPSA) is 72.9 Å². The summed E-state index contributed by atoms with van der Waals surface area (Å²) in [5, 5.41) is 1.80. The Morgan fingerprint density at radius 2 is 1.71 bits per heavy atom. The largest absolute Gasteiger partial charge is 0.492 e. The standard InChI is InChI=1S/C28H33NO5S/c1-29(2)35(31,32)25-15-13-22-17-24(12-11-23(22)18-25)26-10-6-9-21(14-16-27(30)33-3)28(26)34-19-20-7-4-5-8-20/h6,9-13,15,17-18,20H,4-5,7-8,14,16,19H2,1-3H3. The van der Waals surface area contributed by atoms with Crippen LogP contribution in [-0.2, 0) is 26.0 Å². The lowest BCUT2D eigenvalue weighted by Crippen LogP contribution is -2.22. The first-order valence-corrected chi connectivity index (χ1v) is 13.5. The monoisotopic (exact) mass is 495 g/mol. The zero-order chi connectivity index (χ0) is 25.0. The maximum absolute atomic E-state index is 12.5. The molecule has 7 heteroatoms. The molecule has 1 aliphatic carbocycles. The van der Waals surface area contributed by atoms with Crippen molar-refractivity contribution in [2.75, 3.05) is 27.8 Å². The van der Waals surface area contributed by atoms with Gasteiger partial charge in [-0.3, -0.25) is 4.79 Å². The van der Waals surface area contributed by atoms with Crippen LogP contribution in [0.3, 0.4) is 0 Å². The molecule has 3 aromatic rings. The summed E-state index contributed by atoms with van der Waals surface area (Å²) in [6.45, 7) is 0.668. The van der Waals surface area contributed by atoms with Gasteiger partial charge in [-0.2, -0.15) is 0 Å². The number of aryl methyl sites for hydroxylation is 1. The molecule has 0 saturated heterocycles. The van der Waals surface area contributed by atoms with Crippen LogP contribution in [0.4, 0.5) is 0 Å². The highest BCUT2D eigenvalue weighted by atomic mass is 32.2. The van der Waals surface area contributed by atoms with Gasteiger partial charge in [-0.25, -0.2) is 12.7 Å².